The molecule has 18 heavy (non-hydrogen) atoms. The smallest absolute Gasteiger partial charge is 0.188 e. The van der Waals surface area contributed by atoms with E-state index < -0.39 is 8.32 Å². The Morgan fingerprint density at radius 3 is 2.39 bits per heavy atom. The van der Waals surface area contributed by atoms with Gasteiger partial charge in [-0.25, -0.2) is 0 Å². The molecule has 1 aromatic rings. The van der Waals surface area contributed by atoms with Crippen molar-refractivity contribution in [2.75, 3.05) is 7.11 Å². The van der Waals surface area contributed by atoms with E-state index in [1.54, 1.807) is 7.11 Å². The number of halogens is 1. The Kier molecular flexibility index (Phi) is 4.87. The zero-order valence-electron chi connectivity index (χ0n) is 11.9. The van der Waals surface area contributed by atoms with Crippen molar-refractivity contribution in [1.29, 1.82) is 0 Å². The van der Waals surface area contributed by atoms with Crippen molar-refractivity contribution in [2.45, 2.75) is 44.3 Å². The van der Waals surface area contributed by atoms with Crippen LogP contribution in [0.25, 0.3) is 0 Å². The van der Waals surface area contributed by atoms with Crippen LogP contribution in [0.15, 0.2) is 18.2 Å². The summed E-state index contributed by atoms with van der Waals surface area (Å²) in [4.78, 5) is 10.4. The number of rotatable bonds is 5. The van der Waals surface area contributed by atoms with E-state index >= 15 is 0 Å². The highest BCUT2D eigenvalue weighted by molar-refractivity contribution is 6.72. The fraction of sp³-hybridized carbons (Fsp3) is 0.571. The van der Waals surface area contributed by atoms with Crippen molar-refractivity contribution in [3.8, 4) is 5.75 Å². The van der Waals surface area contributed by atoms with Gasteiger partial charge in [0.1, 0.15) is 5.75 Å². The quantitative estimate of drug-likeness (QED) is 0.656. The lowest BCUT2D eigenvalue weighted by Crippen LogP contribution is -2.40. The molecule has 0 aromatic heterocycles. The summed E-state index contributed by atoms with van der Waals surface area (Å²) in [5.74, 6) is 1.37. The lowest BCUT2D eigenvalue weighted by molar-refractivity contribution is 0.403. The normalized spacial score (nSPS) is 12.6. The van der Waals surface area contributed by atoms with Gasteiger partial charge in [-0.05, 0) is 41.7 Å². The molecule has 1 rings (SSSR count). The zero-order valence-corrected chi connectivity index (χ0v) is 13.6. The van der Waals surface area contributed by atoms with Crippen LogP contribution in [0.2, 0.25) is 18.1 Å². The molecule has 0 amide bonds. The van der Waals surface area contributed by atoms with Gasteiger partial charge in [-0.2, -0.15) is 0 Å². The molecule has 0 saturated heterocycles. The molecule has 0 aliphatic rings. The average Bonchev–Trinajstić information content (AvgIpc) is 2.26. The van der Waals surface area contributed by atoms with Gasteiger partial charge in [0.25, 0.3) is 0 Å². The minimum absolute atomic E-state index is 0.106. The maximum absolute atomic E-state index is 10.4. The number of ether oxygens (including phenoxy) is 1. The van der Waals surface area contributed by atoms with Crippen molar-refractivity contribution >= 4 is 19.9 Å². The molecule has 0 unspecified atom stereocenters. The maximum Gasteiger partial charge on any atom is 0.188 e. The third kappa shape index (κ3) is 3.50. The van der Waals surface area contributed by atoms with Crippen molar-refractivity contribution in [2.24, 2.45) is 0 Å². The van der Waals surface area contributed by atoms with Gasteiger partial charge in [-0.15, -0.1) is 11.6 Å². The number of methoxy groups -OCH3 is 1. The van der Waals surface area contributed by atoms with Gasteiger partial charge in [-0.1, -0.05) is 26.0 Å². The summed E-state index contributed by atoms with van der Waals surface area (Å²) in [6.45, 7) is 8.19. The summed E-state index contributed by atoms with van der Waals surface area (Å²) in [6, 6.07) is 6.01. The fourth-order valence-corrected chi connectivity index (χ4v) is 2.53. The summed E-state index contributed by atoms with van der Waals surface area (Å²) in [6.07, 6.45) is 0.802. The van der Waals surface area contributed by atoms with Gasteiger partial charge in [-0.3, -0.25) is 0 Å². The van der Waals surface area contributed by atoms with E-state index in [-0.39, 0.29) is 5.04 Å². The lowest BCUT2D eigenvalue weighted by atomic mass is 9.99. The monoisotopic (exact) mass is 286 g/mol. The van der Waals surface area contributed by atoms with Crippen LogP contribution >= 0.6 is 11.6 Å². The second-order valence-electron chi connectivity index (χ2n) is 5.90. The summed E-state index contributed by atoms with van der Waals surface area (Å²) in [5, 5.41) is -0.106. The minimum Gasteiger partial charge on any atom is -0.496 e. The highest BCUT2D eigenvalue weighted by Gasteiger charge is 2.38. The topological polar surface area (TPSA) is 29.5 Å². The zero-order chi connectivity index (χ0) is 14.0. The van der Waals surface area contributed by atoms with Crippen LogP contribution in [0.4, 0.5) is 0 Å². The molecule has 1 aromatic carbocycles. The molecular formula is C14H23ClO2Si. The Morgan fingerprint density at radius 2 is 1.94 bits per heavy atom. The van der Waals surface area contributed by atoms with Crippen LogP contribution in [0, 0.1) is 0 Å². The van der Waals surface area contributed by atoms with E-state index in [2.05, 4.69) is 19.9 Å². The van der Waals surface area contributed by atoms with Crippen molar-refractivity contribution in [1.82, 2.24) is 0 Å². The third-order valence-corrected chi connectivity index (χ3v) is 7.59. The summed E-state index contributed by atoms with van der Waals surface area (Å²) in [7, 11) is -0.545. The Hall–Kier alpha value is -0.513. The molecule has 4 heteroatoms. The molecule has 0 aliphatic carbocycles. The molecule has 0 bridgehead atoms. The van der Waals surface area contributed by atoms with E-state index in [1.807, 2.05) is 25.2 Å². The van der Waals surface area contributed by atoms with Gasteiger partial charge in [0.15, 0.2) is 8.32 Å². The molecular weight excluding hydrogens is 264 g/mol. The van der Waals surface area contributed by atoms with E-state index in [4.69, 9.17) is 16.3 Å². The fourth-order valence-electron chi connectivity index (χ4n) is 1.75. The number of benzene rings is 1. The van der Waals surface area contributed by atoms with Gasteiger partial charge < -0.3 is 9.53 Å². The summed E-state index contributed by atoms with van der Waals surface area (Å²) < 4.78 is 5.39. The van der Waals surface area contributed by atoms with Gasteiger partial charge in [0.2, 0.25) is 0 Å². The van der Waals surface area contributed by atoms with Crippen molar-refractivity contribution < 1.29 is 9.53 Å². The molecule has 0 fully saturated rings. The molecule has 0 aliphatic heterocycles. The largest absolute Gasteiger partial charge is 0.496 e. The Morgan fingerprint density at radius 1 is 1.33 bits per heavy atom. The molecule has 102 valence electrons. The van der Waals surface area contributed by atoms with E-state index in [0.29, 0.717) is 5.88 Å². The molecule has 0 heterocycles. The Labute approximate surface area is 116 Å². The number of hydrogen-bond acceptors (Lipinski definition) is 2. The summed E-state index contributed by atoms with van der Waals surface area (Å²) >= 11 is 5.87. The van der Waals surface area contributed by atoms with Crippen LogP contribution in [0.5, 0.6) is 5.75 Å². The van der Waals surface area contributed by atoms with Crippen LogP contribution in [-0.4, -0.2) is 20.2 Å². The SMILES string of the molecule is COc1ccc(CCl)cc1CC(C)(C)[Si](C)(C)O. The van der Waals surface area contributed by atoms with E-state index in [0.717, 1.165) is 23.3 Å². The maximum atomic E-state index is 10.4. The first kappa shape index (κ1) is 15.5. The van der Waals surface area contributed by atoms with Crippen LogP contribution in [0.1, 0.15) is 25.0 Å². The molecule has 0 atom stereocenters. The molecule has 0 saturated carbocycles. The molecule has 0 radical (unpaired) electrons. The second kappa shape index (κ2) is 5.64. The van der Waals surface area contributed by atoms with Crippen LogP contribution in [-0.2, 0) is 12.3 Å². The molecule has 0 spiro atoms. The first-order chi connectivity index (χ1) is 8.21. The predicted molar refractivity (Wildman–Crippen MR) is 80.0 cm³/mol. The Bertz CT molecular complexity index is 411. The molecule has 2 nitrogen and oxygen atoms in total. The highest BCUT2D eigenvalue weighted by Crippen LogP contribution is 2.40. The van der Waals surface area contributed by atoms with E-state index in [9.17, 15) is 4.80 Å². The first-order valence-corrected chi connectivity index (χ1v) is 9.63. The number of alkyl halides is 1. The highest BCUT2D eigenvalue weighted by atomic mass is 35.5. The van der Waals surface area contributed by atoms with E-state index in [1.165, 1.54) is 0 Å². The first-order valence-electron chi connectivity index (χ1n) is 6.15. The van der Waals surface area contributed by atoms with Gasteiger partial charge in [0, 0.05) is 5.88 Å². The average molecular weight is 287 g/mol. The number of hydrogen-bond donors (Lipinski definition) is 1. The van der Waals surface area contributed by atoms with Crippen LogP contribution in [0.3, 0.4) is 0 Å². The second-order valence-corrected chi connectivity index (χ2v) is 10.6. The predicted octanol–water partition coefficient (Wildman–Crippen LogP) is 3.95. The van der Waals surface area contributed by atoms with Crippen molar-refractivity contribution in [3.05, 3.63) is 29.3 Å². The summed E-state index contributed by atoms with van der Waals surface area (Å²) in [5.41, 5.74) is 2.20. The van der Waals surface area contributed by atoms with Crippen LogP contribution < -0.4 is 4.74 Å². The van der Waals surface area contributed by atoms with Gasteiger partial charge in [0.05, 0.1) is 7.11 Å². The standard InChI is InChI=1S/C14H23ClO2Si/c1-14(2,18(4,5)16)9-12-8-11(10-15)6-7-13(12)17-3/h6-8,16H,9-10H2,1-5H3. The molecule has 1 N–H and O–H groups in total. The lowest BCUT2D eigenvalue weighted by Gasteiger charge is -2.35. The van der Waals surface area contributed by atoms with Crippen molar-refractivity contribution in [3.63, 3.8) is 0 Å². The van der Waals surface area contributed by atoms with Gasteiger partial charge >= 0.3 is 0 Å². The Balaban J connectivity index is 3.09. The minimum atomic E-state index is -2.22. The third-order valence-electron chi connectivity index (χ3n) is 3.79.